The van der Waals surface area contributed by atoms with Gasteiger partial charge < -0.3 is 10.1 Å². The number of hydrogen-bond donors (Lipinski definition) is 1. The molecule has 0 radical (unpaired) electrons. The molecular weight excluding hydrogens is 298 g/mol. The van der Waals surface area contributed by atoms with Crippen molar-refractivity contribution in [1.82, 2.24) is 0 Å². The summed E-state index contributed by atoms with van der Waals surface area (Å²) in [6.07, 6.45) is -0.598. The van der Waals surface area contributed by atoms with Crippen LogP contribution in [0.1, 0.15) is 23.6 Å². The van der Waals surface area contributed by atoms with Crippen molar-refractivity contribution < 1.29 is 9.53 Å². The van der Waals surface area contributed by atoms with E-state index in [4.69, 9.17) is 16.3 Å². The van der Waals surface area contributed by atoms with Gasteiger partial charge in [0, 0.05) is 10.7 Å². The zero-order valence-corrected chi connectivity index (χ0v) is 14.0. The van der Waals surface area contributed by atoms with Crippen LogP contribution >= 0.6 is 11.6 Å². The quantitative estimate of drug-likeness (QED) is 0.889. The zero-order chi connectivity index (χ0) is 16.3. The molecule has 4 heteroatoms. The number of carbonyl (C=O) groups excluding carboxylic acids is 1. The Hall–Kier alpha value is -2.00. The summed E-state index contributed by atoms with van der Waals surface area (Å²) in [6, 6.07) is 11.3. The molecule has 22 heavy (non-hydrogen) atoms. The number of anilines is 1. The molecule has 1 N–H and O–H groups in total. The molecule has 0 aromatic heterocycles. The van der Waals surface area contributed by atoms with Gasteiger partial charge in [-0.25, -0.2) is 0 Å². The molecule has 0 aliphatic heterocycles. The van der Waals surface area contributed by atoms with Gasteiger partial charge in [0.25, 0.3) is 5.91 Å². The van der Waals surface area contributed by atoms with Crippen molar-refractivity contribution in [2.24, 2.45) is 0 Å². The van der Waals surface area contributed by atoms with Gasteiger partial charge in [-0.05, 0) is 62.6 Å². The lowest BCUT2D eigenvalue weighted by molar-refractivity contribution is -0.122. The van der Waals surface area contributed by atoms with Crippen molar-refractivity contribution in [2.45, 2.75) is 33.8 Å². The number of amides is 1. The highest BCUT2D eigenvalue weighted by molar-refractivity contribution is 6.31. The first kappa shape index (κ1) is 16.4. The number of carbonyl (C=O) groups is 1. The molecule has 0 bridgehead atoms. The summed E-state index contributed by atoms with van der Waals surface area (Å²) >= 11 is 5.97. The Balaban J connectivity index is 2.09. The third kappa shape index (κ3) is 4.01. The molecule has 0 aliphatic carbocycles. The normalized spacial score (nSPS) is 11.9. The molecule has 0 spiro atoms. The van der Waals surface area contributed by atoms with E-state index in [-0.39, 0.29) is 5.91 Å². The molecule has 1 amide bonds. The lowest BCUT2D eigenvalue weighted by Gasteiger charge is -2.17. The topological polar surface area (TPSA) is 38.3 Å². The van der Waals surface area contributed by atoms with E-state index in [9.17, 15) is 4.79 Å². The van der Waals surface area contributed by atoms with Gasteiger partial charge in [-0.2, -0.15) is 0 Å². The molecule has 1 unspecified atom stereocenters. The summed E-state index contributed by atoms with van der Waals surface area (Å²) in [5, 5.41) is 3.44. The average molecular weight is 318 g/mol. The molecule has 0 fully saturated rings. The standard InChI is InChI=1S/C18H20ClNO2/c1-11-5-6-13(3)17(9-11)22-14(4)18(21)20-16-10-15(19)8-7-12(16)2/h5-10,14H,1-4H3,(H,20,21). The minimum Gasteiger partial charge on any atom is -0.481 e. The molecule has 2 rings (SSSR count). The van der Waals surface area contributed by atoms with Crippen molar-refractivity contribution in [1.29, 1.82) is 0 Å². The lowest BCUT2D eigenvalue weighted by atomic mass is 10.1. The molecule has 0 aliphatic rings. The zero-order valence-electron chi connectivity index (χ0n) is 13.2. The van der Waals surface area contributed by atoms with Crippen LogP contribution in [0.25, 0.3) is 0 Å². The van der Waals surface area contributed by atoms with Crippen LogP contribution in [0.15, 0.2) is 36.4 Å². The molecular formula is C18H20ClNO2. The van der Waals surface area contributed by atoms with Gasteiger partial charge in [0.2, 0.25) is 0 Å². The summed E-state index contributed by atoms with van der Waals surface area (Å²) in [6.45, 7) is 7.60. The van der Waals surface area contributed by atoms with Crippen molar-refractivity contribution in [2.75, 3.05) is 5.32 Å². The summed E-state index contributed by atoms with van der Waals surface area (Å²) in [5.74, 6) is 0.525. The van der Waals surface area contributed by atoms with Crippen LogP contribution in [0.5, 0.6) is 5.75 Å². The smallest absolute Gasteiger partial charge is 0.265 e. The number of rotatable bonds is 4. The predicted octanol–water partition coefficient (Wildman–Crippen LogP) is 4.67. The highest BCUT2D eigenvalue weighted by atomic mass is 35.5. The van der Waals surface area contributed by atoms with Gasteiger partial charge in [0.15, 0.2) is 6.10 Å². The lowest BCUT2D eigenvalue weighted by Crippen LogP contribution is -2.30. The fraction of sp³-hybridized carbons (Fsp3) is 0.278. The first-order valence-corrected chi connectivity index (χ1v) is 7.55. The fourth-order valence-corrected chi connectivity index (χ4v) is 2.21. The molecule has 3 nitrogen and oxygen atoms in total. The van der Waals surface area contributed by atoms with Crippen LogP contribution in [-0.2, 0) is 4.79 Å². The number of benzene rings is 2. The maximum atomic E-state index is 12.3. The SMILES string of the molecule is Cc1ccc(C)c(OC(C)C(=O)Nc2cc(Cl)ccc2C)c1. The summed E-state index contributed by atoms with van der Waals surface area (Å²) in [7, 11) is 0. The Morgan fingerprint density at radius 1 is 1.09 bits per heavy atom. The van der Waals surface area contributed by atoms with Crippen molar-refractivity contribution in [3.05, 3.63) is 58.1 Å². The van der Waals surface area contributed by atoms with Crippen LogP contribution in [0, 0.1) is 20.8 Å². The van der Waals surface area contributed by atoms with Gasteiger partial charge in [-0.1, -0.05) is 29.8 Å². The van der Waals surface area contributed by atoms with Crippen LogP contribution in [0.2, 0.25) is 5.02 Å². The van der Waals surface area contributed by atoms with Crippen molar-refractivity contribution >= 4 is 23.2 Å². The van der Waals surface area contributed by atoms with E-state index in [1.54, 1.807) is 19.1 Å². The van der Waals surface area contributed by atoms with Crippen molar-refractivity contribution in [3.63, 3.8) is 0 Å². The fourth-order valence-electron chi connectivity index (χ4n) is 2.04. The Morgan fingerprint density at radius 3 is 2.50 bits per heavy atom. The van der Waals surface area contributed by atoms with Gasteiger partial charge in [0.1, 0.15) is 5.75 Å². The van der Waals surface area contributed by atoms with Crippen LogP contribution in [0.4, 0.5) is 5.69 Å². The largest absolute Gasteiger partial charge is 0.481 e. The Kier molecular flexibility index (Phi) is 5.09. The molecule has 0 heterocycles. The first-order valence-electron chi connectivity index (χ1n) is 7.18. The highest BCUT2D eigenvalue weighted by Gasteiger charge is 2.17. The van der Waals surface area contributed by atoms with E-state index in [0.717, 1.165) is 22.4 Å². The van der Waals surface area contributed by atoms with Crippen LogP contribution in [0.3, 0.4) is 0 Å². The molecule has 2 aromatic carbocycles. The second-order valence-electron chi connectivity index (χ2n) is 5.48. The minimum absolute atomic E-state index is 0.203. The maximum Gasteiger partial charge on any atom is 0.265 e. The molecule has 0 saturated heterocycles. The van der Waals surface area contributed by atoms with E-state index >= 15 is 0 Å². The van der Waals surface area contributed by atoms with Crippen LogP contribution < -0.4 is 10.1 Å². The Bertz CT molecular complexity index is 697. The first-order chi connectivity index (χ1) is 10.4. The van der Waals surface area contributed by atoms with Gasteiger partial charge in [0.05, 0.1) is 0 Å². The average Bonchev–Trinajstić information content (AvgIpc) is 2.46. The number of aryl methyl sites for hydroxylation is 3. The third-order valence-corrected chi connectivity index (χ3v) is 3.71. The second kappa shape index (κ2) is 6.84. The third-order valence-electron chi connectivity index (χ3n) is 3.47. The number of ether oxygens (including phenoxy) is 1. The molecule has 116 valence electrons. The highest BCUT2D eigenvalue weighted by Crippen LogP contribution is 2.23. The summed E-state index contributed by atoms with van der Waals surface area (Å²) in [4.78, 5) is 12.3. The maximum absolute atomic E-state index is 12.3. The second-order valence-corrected chi connectivity index (χ2v) is 5.91. The summed E-state index contributed by atoms with van der Waals surface area (Å²) in [5.41, 5.74) is 3.76. The van der Waals surface area contributed by atoms with E-state index in [1.165, 1.54) is 0 Å². The molecule has 1 atom stereocenters. The van der Waals surface area contributed by atoms with Crippen molar-refractivity contribution in [3.8, 4) is 5.75 Å². The van der Waals surface area contributed by atoms with E-state index in [0.29, 0.717) is 10.7 Å². The van der Waals surface area contributed by atoms with E-state index in [1.807, 2.05) is 45.0 Å². The predicted molar refractivity (Wildman–Crippen MR) is 90.8 cm³/mol. The number of halogens is 1. The Morgan fingerprint density at radius 2 is 1.77 bits per heavy atom. The number of hydrogen-bond acceptors (Lipinski definition) is 2. The van der Waals surface area contributed by atoms with Gasteiger partial charge in [-0.15, -0.1) is 0 Å². The monoisotopic (exact) mass is 317 g/mol. The minimum atomic E-state index is -0.598. The van der Waals surface area contributed by atoms with E-state index < -0.39 is 6.10 Å². The van der Waals surface area contributed by atoms with Gasteiger partial charge in [-0.3, -0.25) is 4.79 Å². The van der Waals surface area contributed by atoms with E-state index in [2.05, 4.69) is 5.32 Å². The van der Waals surface area contributed by atoms with Gasteiger partial charge >= 0.3 is 0 Å². The number of nitrogens with one attached hydrogen (secondary N) is 1. The molecule has 2 aromatic rings. The molecule has 0 saturated carbocycles. The van der Waals surface area contributed by atoms with Crippen LogP contribution in [-0.4, -0.2) is 12.0 Å². The summed E-state index contributed by atoms with van der Waals surface area (Å²) < 4.78 is 5.79. The Labute approximate surface area is 136 Å².